The highest BCUT2D eigenvalue weighted by Crippen LogP contribution is 2.25. The molecule has 0 aliphatic carbocycles. The first-order chi connectivity index (χ1) is 16.0. The molecular formula is C24H28FN5O2S. The van der Waals surface area contributed by atoms with Gasteiger partial charge < -0.3 is 15.0 Å². The number of benzene rings is 2. The SMILES string of the molecule is COc1ccc(-n2c(CNc3ccc(F)cc3)nnc2SCC(=O)N2CCC(C)CC2)cc1. The van der Waals surface area contributed by atoms with E-state index in [9.17, 15) is 9.18 Å². The lowest BCUT2D eigenvalue weighted by Crippen LogP contribution is -2.38. The highest BCUT2D eigenvalue weighted by molar-refractivity contribution is 7.99. The van der Waals surface area contributed by atoms with Crippen molar-refractivity contribution >= 4 is 23.4 Å². The van der Waals surface area contributed by atoms with Crippen molar-refractivity contribution in [2.75, 3.05) is 31.3 Å². The molecule has 1 amide bonds. The predicted octanol–water partition coefficient (Wildman–Crippen LogP) is 4.38. The highest BCUT2D eigenvalue weighted by Gasteiger charge is 2.22. The van der Waals surface area contributed by atoms with Crippen LogP contribution in [0.1, 0.15) is 25.6 Å². The second-order valence-electron chi connectivity index (χ2n) is 8.14. The molecule has 4 rings (SSSR count). The van der Waals surface area contributed by atoms with E-state index < -0.39 is 0 Å². The number of carbonyl (C=O) groups excluding carboxylic acids is 1. The molecule has 2 aromatic carbocycles. The van der Waals surface area contributed by atoms with Gasteiger partial charge in [-0.2, -0.15) is 0 Å². The third-order valence-electron chi connectivity index (χ3n) is 5.79. The van der Waals surface area contributed by atoms with E-state index in [0.717, 1.165) is 43.1 Å². The minimum absolute atomic E-state index is 0.127. The smallest absolute Gasteiger partial charge is 0.233 e. The van der Waals surface area contributed by atoms with Gasteiger partial charge in [0.15, 0.2) is 11.0 Å². The lowest BCUT2D eigenvalue weighted by molar-refractivity contribution is -0.129. The summed E-state index contributed by atoms with van der Waals surface area (Å²) in [7, 11) is 1.63. The van der Waals surface area contributed by atoms with E-state index >= 15 is 0 Å². The van der Waals surface area contributed by atoms with Crippen LogP contribution in [0, 0.1) is 11.7 Å². The third kappa shape index (κ3) is 5.84. The van der Waals surface area contributed by atoms with Gasteiger partial charge in [-0.3, -0.25) is 9.36 Å². The van der Waals surface area contributed by atoms with Gasteiger partial charge in [0.1, 0.15) is 11.6 Å². The molecule has 0 saturated carbocycles. The zero-order valence-electron chi connectivity index (χ0n) is 18.8. The summed E-state index contributed by atoms with van der Waals surface area (Å²) in [5.41, 5.74) is 1.66. The Labute approximate surface area is 197 Å². The van der Waals surface area contributed by atoms with Crippen molar-refractivity contribution in [3.8, 4) is 11.4 Å². The van der Waals surface area contributed by atoms with Crippen LogP contribution in [0.3, 0.4) is 0 Å². The number of aromatic nitrogens is 3. The normalized spacial score (nSPS) is 14.3. The number of nitrogens with one attached hydrogen (secondary N) is 1. The largest absolute Gasteiger partial charge is 0.497 e. The molecule has 0 unspecified atom stereocenters. The Morgan fingerprint density at radius 2 is 1.82 bits per heavy atom. The Bertz CT molecular complexity index is 1060. The molecule has 1 aliphatic rings. The molecule has 1 aliphatic heterocycles. The van der Waals surface area contributed by atoms with Crippen molar-refractivity contribution in [2.45, 2.75) is 31.5 Å². The molecule has 7 nitrogen and oxygen atoms in total. The Hall–Kier alpha value is -3.07. The first kappa shape index (κ1) is 23.1. The predicted molar refractivity (Wildman–Crippen MR) is 127 cm³/mol. The van der Waals surface area contributed by atoms with E-state index in [1.54, 1.807) is 19.2 Å². The quantitative estimate of drug-likeness (QED) is 0.494. The topological polar surface area (TPSA) is 72.3 Å². The maximum Gasteiger partial charge on any atom is 0.233 e. The minimum atomic E-state index is -0.284. The van der Waals surface area contributed by atoms with E-state index in [0.29, 0.717) is 29.2 Å². The van der Waals surface area contributed by atoms with Crippen LogP contribution in [0.4, 0.5) is 10.1 Å². The standard InChI is InChI=1S/C24H28FN5O2S/c1-17-11-13-29(14-12-17)23(31)16-33-24-28-27-22(15-26-19-5-3-18(25)4-6-19)30(24)20-7-9-21(32-2)10-8-20/h3-10,17,26H,11-16H2,1-2H3. The monoisotopic (exact) mass is 469 g/mol. The number of anilines is 1. The van der Waals surface area contributed by atoms with Gasteiger partial charge in [-0.25, -0.2) is 4.39 Å². The molecule has 1 N–H and O–H groups in total. The van der Waals surface area contributed by atoms with Gasteiger partial charge in [0.2, 0.25) is 5.91 Å². The van der Waals surface area contributed by atoms with Gasteiger partial charge in [-0.15, -0.1) is 10.2 Å². The Balaban J connectivity index is 1.51. The van der Waals surface area contributed by atoms with Crippen LogP contribution in [0.5, 0.6) is 5.75 Å². The molecule has 0 radical (unpaired) electrons. The summed E-state index contributed by atoms with van der Waals surface area (Å²) in [5, 5.41) is 12.6. The van der Waals surface area contributed by atoms with E-state index in [1.807, 2.05) is 33.7 Å². The maximum absolute atomic E-state index is 13.2. The number of ether oxygens (including phenoxy) is 1. The van der Waals surface area contributed by atoms with Gasteiger partial charge in [-0.1, -0.05) is 18.7 Å². The number of rotatable bonds is 8. The summed E-state index contributed by atoms with van der Waals surface area (Å²) >= 11 is 1.39. The average Bonchev–Trinajstić information content (AvgIpc) is 3.25. The molecule has 0 bridgehead atoms. The maximum atomic E-state index is 13.2. The molecular weight excluding hydrogens is 441 g/mol. The first-order valence-electron chi connectivity index (χ1n) is 11.0. The van der Waals surface area contributed by atoms with E-state index in [1.165, 1.54) is 23.9 Å². The van der Waals surface area contributed by atoms with Crippen LogP contribution < -0.4 is 10.1 Å². The van der Waals surface area contributed by atoms with Crippen molar-refractivity contribution < 1.29 is 13.9 Å². The Kier molecular flexibility index (Phi) is 7.49. The lowest BCUT2D eigenvalue weighted by atomic mass is 9.99. The second-order valence-corrected chi connectivity index (χ2v) is 9.09. The van der Waals surface area contributed by atoms with Crippen LogP contribution in [0.2, 0.25) is 0 Å². The van der Waals surface area contributed by atoms with Gasteiger partial charge in [-0.05, 0) is 67.3 Å². The van der Waals surface area contributed by atoms with E-state index in [2.05, 4.69) is 22.4 Å². The van der Waals surface area contributed by atoms with E-state index in [-0.39, 0.29) is 11.7 Å². The third-order valence-corrected chi connectivity index (χ3v) is 6.70. The molecule has 1 fully saturated rings. The van der Waals surface area contributed by atoms with Crippen LogP contribution in [0.15, 0.2) is 53.7 Å². The number of likely N-dealkylation sites (tertiary alicyclic amines) is 1. The van der Waals surface area contributed by atoms with Crippen molar-refractivity contribution in [2.24, 2.45) is 5.92 Å². The summed E-state index contributed by atoms with van der Waals surface area (Å²) in [6.45, 7) is 4.26. The fraction of sp³-hybridized carbons (Fsp3) is 0.375. The summed E-state index contributed by atoms with van der Waals surface area (Å²) < 4.78 is 20.4. The number of nitrogens with zero attached hydrogens (tertiary/aromatic N) is 4. The summed E-state index contributed by atoms with van der Waals surface area (Å²) in [4.78, 5) is 14.7. The molecule has 2 heterocycles. The first-order valence-corrected chi connectivity index (χ1v) is 12.0. The molecule has 0 spiro atoms. The Morgan fingerprint density at radius 1 is 1.12 bits per heavy atom. The van der Waals surface area contributed by atoms with Crippen molar-refractivity contribution in [1.29, 1.82) is 0 Å². The van der Waals surface area contributed by atoms with Gasteiger partial charge in [0, 0.05) is 24.5 Å². The summed E-state index contributed by atoms with van der Waals surface area (Å²) in [5.74, 6) is 2.27. The van der Waals surface area contributed by atoms with E-state index in [4.69, 9.17) is 4.74 Å². The second kappa shape index (κ2) is 10.7. The zero-order chi connectivity index (χ0) is 23.2. The summed E-state index contributed by atoms with van der Waals surface area (Å²) in [6, 6.07) is 13.8. The average molecular weight is 470 g/mol. The van der Waals surface area contributed by atoms with Gasteiger partial charge in [0.25, 0.3) is 0 Å². The van der Waals surface area contributed by atoms with Crippen LogP contribution in [-0.2, 0) is 11.3 Å². The number of halogens is 1. The number of hydrogen-bond donors (Lipinski definition) is 1. The van der Waals surface area contributed by atoms with Crippen LogP contribution in [0.25, 0.3) is 5.69 Å². The number of piperidine rings is 1. The minimum Gasteiger partial charge on any atom is -0.497 e. The fourth-order valence-electron chi connectivity index (χ4n) is 3.72. The Morgan fingerprint density at radius 3 is 2.48 bits per heavy atom. The zero-order valence-corrected chi connectivity index (χ0v) is 19.6. The van der Waals surface area contributed by atoms with Crippen molar-refractivity contribution in [3.63, 3.8) is 0 Å². The molecule has 174 valence electrons. The summed E-state index contributed by atoms with van der Waals surface area (Å²) in [6.07, 6.45) is 2.11. The number of amides is 1. The molecule has 1 saturated heterocycles. The lowest BCUT2D eigenvalue weighted by Gasteiger charge is -2.30. The molecule has 9 heteroatoms. The van der Waals surface area contributed by atoms with Crippen molar-refractivity contribution in [1.82, 2.24) is 19.7 Å². The van der Waals surface area contributed by atoms with Crippen LogP contribution in [-0.4, -0.2) is 51.5 Å². The van der Waals surface area contributed by atoms with Crippen LogP contribution >= 0.6 is 11.8 Å². The number of thioether (sulfide) groups is 1. The highest BCUT2D eigenvalue weighted by atomic mass is 32.2. The van der Waals surface area contributed by atoms with Gasteiger partial charge in [0.05, 0.1) is 19.4 Å². The molecule has 33 heavy (non-hydrogen) atoms. The molecule has 1 aromatic heterocycles. The molecule has 0 atom stereocenters. The molecule has 3 aromatic rings. The number of carbonyl (C=O) groups is 1. The fourth-order valence-corrected chi connectivity index (χ4v) is 4.60. The van der Waals surface area contributed by atoms with Crippen molar-refractivity contribution in [3.05, 3.63) is 60.2 Å². The van der Waals surface area contributed by atoms with Gasteiger partial charge >= 0.3 is 0 Å². The number of methoxy groups -OCH3 is 1. The number of hydrogen-bond acceptors (Lipinski definition) is 6.